The lowest BCUT2D eigenvalue weighted by Gasteiger charge is -2.23. The molecule has 1 atom stereocenters. The fraction of sp³-hybridized carbons (Fsp3) is 0.333. The van der Waals surface area contributed by atoms with Gasteiger partial charge in [0, 0.05) is 25.0 Å². The number of carbonyl (C=O) groups is 1. The summed E-state index contributed by atoms with van der Waals surface area (Å²) in [7, 11) is 1.78. The van der Waals surface area contributed by atoms with E-state index in [1.807, 2.05) is 36.0 Å². The Balaban J connectivity index is 1.79. The Labute approximate surface area is 145 Å². The first kappa shape index (κ1) is 17.0. The Morgan fingerprint density at radius 1 is 1.36 bits per heavy atom. The monoisotopic (exact) mass is 342 g/mol. The molecule has 0 aliphatic carbocycles. The maximum absolute atomic E-state index is 12.6. The van der Waals surface area contributed by atoms with E-state index in [1.165, 1.54) is 6.20 Å². The Bertz CT molecular complexity index is 888. The number of aliphatic hydroxyl groups is 1. The zero-order valence-electron chi connectivity index (χ0n) is 14.8. The van der Waals surface area contributed by atoms with Crippen molar-refractivity contribution in [2.45, 2.75) is 26.4 Å². The van der Waals surface area contributed by atoms with E-state index in [1.54, 1.807) is 31.6 Å². The van der Waals surface area contributed by atoms with Gasteiger partial charge in [-0.05, 0) is 39.0 Å². The number of carbonyl (C=O) groups excluding carboxylic acids is 1. The van der Waals surface area contributed by atoms with Crippen molar-refractivity contribution in [1.29, 1.82) is 0 Å². The molecule has 25 heavy (non-hydrogen) atoms. The minimum absolute atomic E-state index is 0.0612. The van der Waals surface area contributed by atoms with Crippen LogP contribution in [0.5, 0.6) is 0 Å². The van der Waals surface area contributed by atoms with E-state index in [0.29, 0.717) is 22.7 Å². The third-order valence-corrected chi connectivity index (χ3v) is 4.22. The predicted octanol–water partition coefficient (Wildman–Crippen LogP) is 2.06. The lowest BCUT2D eigenvalue weighted by atomic mass is 9.96. The molecular formula is C18H22N4O3. The van der Waals surface area contributed by atoms with Gasteiger partial charge in [0.25, 0.3) is 5.91 Å². The van der Waals surface area contributed by atoms with E-state index in [-0.39, 0.29) is 12.5 Å². The Hall–Kier alpha value is -2.80. The molecule has 7 heteroatoms. The van der Waals surface area contributed by atoms with Crippen LogP contribution in [0, 0.1) is 13.8 Å². The van der Waals surface area contributed by atoms with Crippen LogP contribution in [0.4, 0.5) is 0 Å². The highest BCUT2D eigenvalue weighted by Gasteiger charge is 2.29. The predicted molar refractivity (Wildman–Crippen MR) is 92.6 cm³/mol. The first-order valence-electron chi connectivity index (χ1n) is 8.03. The number of aryl methyl sites for hydroxylation is 3. The molecule has 3 heterocycles. The highest BCUT2D eigenvalue weighted by molar-refractivity contribution is 5.97. The van der Waals surface area contributed by atoms with Crippen LogP contribution < -0.4 is 5.32 Å². The third-order valence-electron chi connectivity index (χ3n) is 4.22. The van der Waals surface area contributed by atoms with Crippen LogP contribution in [-0.2, 0) is 12.6 Å². The largest absolute Gasteiger partial charge is 0.466 e. The summed E-state index contributed by atoms with van der Waals surface area (Å²) >= 11 is 0. The highest BCUT2D eigenvalue weighted by Crippen LogP contribution is 2.26. The van der Waals surface area contributed by atoms with Crippen LogP contribution in [0.1, 0.15) is 34.4 Å². The molecule has 3 aromatic rings. The molecule has 3 aromatic heterocycles. The summed E-state index contributed by atoms with van der Waals surface area (Å²) in [5, 5.41) is 17.7. The molecule has 0 saturated heterocycles. The van der Waals surface area contributed by atoms with Crippen molar-refractivity contribution in [2.24, 2.45) is 7.05 Å². The quantitative estimate of drug-likeness (QED) is 0.743. The molecule has 0 radical (unpaired) electrons. The van der Waals surface area contributed by atoms with Gasteiger partial charge in [0.2, 0.25) is 0 Å². The van der Waals surface area contributed by atoms with Gasteiger partial charge in [-0.2, -0.15) is 5.10 Å². The lowest BCUT2D eigenvalue weighted by Crippen LogP contribution is -2.39. The van der Waals surface area contributed by atoms with Crippen LogP contribution in [0.15, 0.2) is 41.2 Å². The molecular weight excluding hydrogens is 320 g/mol. The lowest BCUT2D eigenvalue weighted by molar-refractivity contribution is 0.0514. The fourth-order valence-electron chi connectivity index (χ4n) is 2.98. The number of hydrogen-bond donors (Lipinski definition) is 2. The second kappa shape index (κ2) is 6.25. The Morgan fingerprint density at radius 3 is 2.64 bits per heavy atom. The van der Waals surface area contributed by atoms with Crippen molar-refractivity contribution in [1.82, 2.24) is 19.7 Å². The summed E-state index contributed by atoms with van der Waals surface area (Å²) in [5.41, 5.74) is -0.121. The Kier molecular flexibility index (Phi) is 4.26. The summed E-state index contributed by atoms with van der Waals surface area (Å²) < 4.78 is 8.93. The van der Waals surface area contributed by atoms with E-state index in [2.05, 4.69) is 10.4 Å². The maximum Gasteiger partial charge on any atom is 0.256 e. The maximum atomic E-state index is 12.6. The van der Waals surface area contributed by atoms with Crippen molar-refractivity contribution in [2.75, 3.05) is 6.54 Å². The molecule has 2 N–H and O–H groups in total. The standard InChI is InChI=1S/C18H22N4O3/c1-12-9-15(13(2)25-12)18(3,24)11-19-16(23)14-10-20-21(4)17(14)22-7-5-6-8-22/h5-10,24H,11H2,1-4H3,(H,19,23)/t18-/m0/s1. The first-order chi connectivity index (χ1) is 11.8. The number of rotatable bonds is 5. The summed E-state index contributed by atoms with van der Waals surface area (Å²) in [4.78, 5) is 12.6. The molecule has 0 saturated carbocycles. The van der Waals surface area contributed by atoms with E-state index >= 15 is 0 Å². The molecule has 3 rings (SSSR count). The minimum atomic E-state index is -1.23. The summed E-state index contributed by atoms with van der Waals surface area (Å²) in [5.74, 6) is 1.74. The molecule has 1 amide bonds. The van der Waals surface area contributed by atoms with Gasteiger partial charge in [-0.3, -0.25) is 9.48 Å². The summed E-state index contributed by atoms with van der Waals surface area (Å²) in [6.45, 7) is 5.33. The summed E-state index contributed by atoms with van der Waals surface area (Å²) in [6.07, 6.45) is 5.22. The average molecular weight is 342 g/mol. The van der Waals surface area contributed by atoms with Gasteiger partial charge in [0.05, 0.1) is 12.7 Å². The molecule has 0 aliphatic heterocycles. The van der Waals surface area contributed by atoms with Gasteiger partial charge in [0.1, 0.15) is 28.5 Å². The minimum Gasteiger partial charge on any atom is -0.466 e. The van der Waals surface area contributed by atoms with Crippen LogP contribution in [0.25, 0.3) is 5.82 Å². The van der Waals surface area contributed by atoms with Crippen molar-refractivity contribution in [3.05, 3.63) is 59.4 Å². The number of amides is 1. The van der Waals surface area contributed by atoms with E-state index < -0.39 is 5.60 Å². The van der Waals surface area contributed by atoms with Crippen LogP contribution in [0.2, 0.25) is 0 Å². The molecule has 0 aromatic carbocycles. The Morgan fingerprint density at radius 2 is 2.04 bits per heavy atom. The highest BCUT2D eigenvalue weighted by atomic mass is 16.3. The molecule has 0 unspecified atom stereocenters. The molecule has 0 bridgehead atoms. The van der Waals surface area contributed by atoms with Gasteiger partial charge in [-0.15, -0.1) is 0 Å². The molecule has 0 fully saturated rings. The second-order valence-electron chi connectivity index (χ2n) is 6.38. The normalized spacial score (nSPS) is 13.6. The van der Waals surface area contributed by atoms with E-state index in [9.17, 15) is 9.90 Å². The molecule has 0 spiro atoms. The number of furan rings is 1. The van der Waals surface area contributed by atoms with Gasteiger partial charge in [-0.25, -0.2) is 0 Å². The first-order valence-corrected chi connectivity index (χ1v) is 8.03. The fourth-order valence-corrected chi connectivity index (χ4v) is 2.98. The topological polar surface area (TPSA) is 85.2 Å². The number of nitrogens with one attached hydrogen (secondary N) is 1. The molecule has 0 aliphatic rings. The van der Waals surface area contributed by atoms with Crippen molar-refractivity contribution in [3.8, 4) is 5.82 Å². The number of nitrogens with zero attached hydrogens (tertiary/aromatic N) is 3. The van der Waals surface area contributed by atoms with Gasteiger partial charge in [0.15, 0.2) is 0 Å². The second-order valence-corrected chi connectivity index (χ2v) is 6.38. The third kappa shape index (κ3) is 3.23. The van der Waals surface area contributed by atoms with Crippen molar-refractivity contribution in [3.63, 3.8) is 0 Å². The number of aromatic nitrogens is 3. The zero-order chi connectivity index (χ0) is 18.2. The SMILES string of the molecule is Cc1cc([C@@](C)(O)CNC(=O)c2cnn(C)c2-n2cccc2)c(C)o1. The van der Waals surface area contributed by atoms with Crippen LogP contribution in [0.3, 0.4) is 0 Å². The van der Waals surface area contributed by atoms with E-state index in [0.717, 1.165) is 5.76 Å². The van der Waals surface area contributed by atoms with E-state index in [4.69, 9.17) is 4.42 Å². The van der Waals surface area contributed by atoms with Crippen molar-refractivity contribution < 1.29 is 14.3 Å². The average Bonchev–Trinajstić information content (AvgIpc) is 3.25. The molecule has 7 nitrogen and oxygen atoms in total. The van der Waals surface area contributed by atoms with Gasteiger partial charge >= 0.3 is 0 Å². The molecule has 132 valence electrons. The van der Waals surface area contributed by atoms with Crippen LogP contribution in [-0.4, -0.2) is 31.9 Å². The number of hydrogen-bond acceptors (Lipinski definition) is 4. The smallest absolute Gasteiger partial charge is 0.256 e. The van der Waals surface area contributed by atoms with Crippen molar-refractivity contribution >= 4 is 5.91 Å². The van der Waals surface area contributed by atoms with Gasteiger partial charge < -0.3 is 19.4 Å². The van der Waals surface area contributed by atoms with Crippen LogP contribution >= 0.6 is 0 Å². The zero-order valence-corrected chi connectivity index (χ0v) is 14.8. The summed E-state index contributed by atoms with van der Waals surface area (Å²) in [6, 6.07) is 5.55. The van der Waals surface area contributed by atoms with Gasteiger partial charge in [-0.1, -0.05) is 0 Å².